The van der Waals surface area contributed by atoms with Crippen molar-refractivity contribution < 1.29 is 4.74 Å². The van der Waals surface area contributed by atoms with E-state index in [1.54, 1.807) is 0 Å². The van der Waals surface area contributed by atoms with Gasteiger partial charge in [-0.2, -0.15) is 5.26 Å². The molecule has 1 aliphatic heterocycles. The topological polar surface area (TPSA) is 36.3 Å². The van der Waals surface area contributed by atoms with Gasteiger partial charge in [-0.25, -0.2) is 0 Å². The summed E-state index contributed by atoms with van der Waals surface area (Å²) in [4.78, 5) is 2.29. The highest BCUT2D eigenvalue weighted by atomic mass is 16.5. The highest BCUT2D eigenvalue weighted by Crippen LogP contribution is 2.28. The summed E-state index contributed by atoms with van der Waals surface area (Å²) in [6.45, 7) is 8.33. The van der Waals surface area contributed by atoms with Crippen LogP contribution >= 0.6 is 0 Å². The molecule has 0 N–H and O–H groups in total. The van der Waals surface area contributed by atoms with Crippen molar-refractivity contribution in [2.45, 2.75) is 45.8 Å². The normalized spacial score (nSPS) is 18.8. The molecule has 0 spiro atoms. The summed E-state index contributed by atoms with van der Waals surface area (Å²) in [6.07, 6.45) is 2.52. The van der Waals surface area contributed by atoms with Gasteiger partial charge < -0.3 is 4.74 Å². The molecular formula is C17H24N2O. The quantitative estimate of drug-likeness (QED) is 0.837. The van der Waals surface area contributed by atoms with E-state index < -0.39 is 0 Å². The Balaban J connectivity index is 2.13. The molecule has 0 saturated carbocycles. The van der Waals surface area contributed by atoms with Crippen molar-refractivity contribution >= 4 is 0 Å². The molecule has 1 heterocycles. The second-order valence-electron chi connectivity index (χ2n) is 5.99. The lowest BCUT2D eigenvalue weighted by Gasteiger charge is -2.33. The zero-order chi connectivity index (χ0) is 14.5. The lowest BCUT2D eigenvalue weighted by molar-refractivity contribution is 0.164. The molecule has 1 atom stereocenters. The van der Waals surface area contributed by atoms with Crippen LogP contribution in [0, 0.1) is 17.2 Å². The molecule has 1 aromatic carbocycles. The van der Waals surface area contributed by atoms with Crippen LogP contribution in [0.2, 0.25) is 0 Å². The summed E-state index contributed by atoms with van der Waals surface area (Å²) in [5.74, 6) is 1.63. The molecule has 2 rings (SSSR count). The minimum absolute atomic E-state index is 0.154. The first-order chi connectivity index (χ1) is 9.60. The molecule has 0 amide bonds. The molecule has 1 aliphatic rings. The molecule has 1 fully saturated rings. The molecule has 20 heavy (non-hydrogen) atoms. The third kappa shape index (κ3) is 3.74. The van der Waals surface area contributed by atoms with E-state index in [0.717, 1.165) is 30.3 Å². The smallest absolute Gasteiger partial charge is 0.123 e. The molecule has 3 heteroatoms. The number of nitrogens with zero attached hydrogens (tertiary/aromatic N) is 2. The number of hydrogen-bond donors (Lipinski definition) is 0. The fourth-order valence-electron chi connectivity index (χ4n) is 2.68. The third-order valence-electron chi connectivity index (χ3n) is 3.85. The van der Waals surface area contributed by atoms with E-state index in [4.69, 9.17) is 4.74 Å². The van der Waals surface area contributed by atoms with E-state index in [0.29, 0.717) is 0 Å². The fraction of sp³-hybridized carbons (Fsp3) is 0.588. The highest BCUT2D eigenvalue weighted by molar-refractivity contribution is 5.33. The number of ether oxygens (including phenoxy) is 1. The minimum Gasteiger partial charge on any atom is -0.491 e. The second kappa shape index (κ2) is 6.76. The van der Waals surface area contributed by atoms with Gasteiger partial charge in [-0.15, -0.1) is 0 Å². The first-order valence-corrected chi connectivity index (χ1v) is 7.50. The van der Waals surface area contributed by atoms with Gasteiger partial charge in [0.1, 0.15) is 11.8 Å². The zero-order valence-electron chi connectivity index (χ0n) is 12.7. The maximum atomic E-state index is 9.54. The Bertz CT molecular complexity index is 470. The first-order valence-electron chi connectivity index (χ1n) is 7.50. The van der Waals surface area contributed by atoms with Gasteiger partial charge in [0.2, 0.25) is 0 Å². The van der Waals surface area contributed by atoms with Crippen LogP contribution in [-0.2, 0) is 0 Å². The van der Waals surface area contributed by atoms with Crippen molar-refractivity contribution in [1.29, 1.82) is 5.26 Å². The van der Waals surface area contributed by atoms with Gasteiger partial charge in [-0.3, -0.25) is 4.90 Å². The van der Waals surface area contributed by atoms with Crippen LogP contribution < -0.4 is 4.74 Å². The molecule has 1 aromatic rings. The van der Waals surface area contributed by atoms with Crippen LogP contribution in [0.25, 0.3) is 0 Å². The Kier molecular flexibility index (Phi) is 5.03. The van der Waals surface area contributed by atoms with E-state index in [9.17, 15) is 5.26 Å². The van der Waals surface area contributed by atoms with E-state index in [-0.39, 0.29) is 12.1 Å². The van der Waals surface area contributed by atoms with Crippen LogP contribution in [0.15, 0.2) is 24.3 Å². The summed E-state index contributed by atoms with van der Waals surface area (Å²) in [7, 11) is 0. The SMILES string of the molecule is CC1CCN(C(C#N)c2cccc(OC(C)C)c2)CC1. The molecule has 0 radical (unpaired) electrons. The lowest BCUT2D eigenvalue weighted by Crippen LogP contribution is -2.35. The molecule has 1 saturated heterocycles. The number of rotatable bonds is 4. The Hall–Kier alpha value is -1.53. The number of benzene rings is 1. The van der Waals surface area contributed by atoms with Crippen LogP contribution in [0.4, 0.5) is 0 Å². The van der Waals surface area contributed by atoms with Gasteiger partial charge in [-0.05, 0) is 63.4 Å². The summed E-state index contributed by atoms with van der Waals surface area (Å²) < 4.78 is 5.73. The molecule has 3 nitrogen and oxygen atoms in total. The molecule has 0 aromatic heterocycles. The second-order valence-corrected chi connectivity index (χ2v) is 5.99. The van der Waals surface area contributed by atoms with Crippen molar-refractivity contribution in [2.75, 3.05) is 13.1 Å². The van der Waals surface area contributed by atoms with Crippen LogP contribution in [0.3, 0.4) is 0 Å². The average Bonchev–Trinajstić information content (AvgIpc) is 2.41. The summed E-state index contributed by atoms with van der Waals surface area (Å²) in [5, 5.41) is 9.54. The van der Waals surface area contributed by atoms with Crippen LogP contribution in [-0.4, -0.2) is 24.1 Å². The minimum atomic E-state index is -0.154. The zero-order valence-corrected chi connectivity index (χ0v) is 12.7. The summed E-state index contributed by atoms with van der Waals surface area (Å²) in [5.41, 5.74) is 1.04. The fourth-order valence-corrected chi connectivity index (χ4v) is 2.68. The third-order valence-corrected chi connectivity index (χ3v) is 3.85. The van der Waals surface area contributed by atoms with Gasteiger partial charge in [-0.1, -0.05) is 19.1 Å². The number of piperidine rings is 1. The average molecular weight is 272 g/mol. The van der Waals surface area contributed by atoms with Crippen molar-refractivity contribution in [1.82, 2.24) is 4.90 Å². The van der Waals surface area contributed by atoms with E-state index >= 15 is 0 Å². The Labute approximate surface area is 122 Å². The molecule has 0 bridgehead atoms. The maximum absolute atomic E-state index is 9.54. The predicted octanol–water partition coefficient (Wildman–Crippen LogP) is 3.77. The molecule has 1 unspecified atom stereocenters. The Morgan fingerprint density at radius 2 is 2.00 bits per heavy atom. The van der Waals surface area contributed by atoms with Gasteiger partial charge in [0.15, 0.2) is 0 Å². The van der Waals surface area contributed by atoms with Gasteiger partial charge in [0, 0.05) is 0 Å². The number of likely N-dealkylation sites (tertiary alicyclic amines) is 1. The predicted molar refractivity (Wildman–Crippen MR) is 80.5 cm³/mol. The van der Waals surface area contributed by atoms with Gasteiger partial charge in [0.05, 0.1) is 12.2 Å². The maximum Gasteiger partial charge on any atom is 0.123 e. The summed E-state index contributed by atoms with van der Waals surface area (Å²) in [6, 6.07) is 10.3. The highest BCUT2D eigenvalue weighted by Gasteiger charge is 2.24. The van der Waals surface area contributed by atoms with E-state index in [2.05, 4.69) is 17.9 Å². The number of nitriles is 1. The Morgan fingerprint density at radius 3 is 2.60 bits per heavy atom. The standard InChI is InChI=1S/C17H24N2O/c1-13(2)20-16-6-4-5-15(11-16)17(12-18)19-9-7-14(3)8-10-19/h4-6,11,13-14,17H,7-10H2,1-3H3. The Morgan fingerprint density at radius 1 is 1.30 bits per heavy atom. The van der Waals surface area contributed by atoms with E-state index in [1.165, 1.54) is 12.8 Å². The van der Waals surface area contributed by atoms with Gasteiger partial charge >= 0.3 is 0 Å². The van der Waals surface area contributed by atoms with Crippen molar-refractivity contribution in [2.24, 2.45) is 5.92 Å². The molecular weight excluding hydrogens is 248 g/mol. The van der Waals surface area contributed by atoms with Crippen molar-refractivity contribution in [3.8, 4) is 11.8 Å². The monoisotopic (exact) mass is 272 g/mol. The van der Waals surface area contributed by atoms with E-state index in [1.807, 2.05) is 38.1 Å². The summed E-state index contributed by atoms with van der Waals surface area (Å²) >= 11 is 0. The molecule has 0 aliphatic carbocycles. The largest absolute Gasteiger partial charge is 0.491 e. The van der Waals surface area contributed by atoms with Gasteiger partial charge in [0.25, 0.3) is 0 Å². The van der Waals surface area contributed by atoms with Crippen molar-refractivity contribution in [3.05, 3.63) is 29.8 Å². The number of hydrogen-bond acceptors (Lipinski definition) is 3. The molecule has 108 valence electrons. The lowest BCUT2D eigenvalue weighted by atomic mass is 9.96. The van der Waals surface area contributed by atoms with Crippen LogP contribution in [0.5, 0.6) is 5.75 Å². The van der Waals surface area contributed by atoms with Crippen molar-refractivity contribution in [3.63, 3.8) is 0 Å². The van der Waals surface area contributed by atoms with Crippen LogP contribution in [0.1, 0.15) is 45.2 Å². The first kappa shape index (κ1) is 14.9.